The molecular formula is C12H18ClN3O2. The molecule has 2 atom stereocenters. The molecule has 1 saturated heterocycles. The molecule has 0 aliphatic carbocycles. The van der Waals surface area contributed by atoms with Crippen molar-refractivity contribution in [1.29, 1.82) is 0 Å². The van der Waals surface area contributed by atoms with Gasteiger partial charge in [0.2, 0.25) is 0 Å². The van der Waals surface area contributed by atoms with E-state index in [1.807, 2.05) is 13.8 Å². The van der Waals surface area contributed by atoms with Crippen LogP contribution < -0.4 is 5.73 Å². The molecule has 0 spiro atoms. The summed E-state index contributed by atoms with van der Waals surface area (Å²) < 4.78 is 5.59. The summed E-state index contributed by atoms with van der Waals surface area (Å²) in [6.07, 6.45) is 0.118. The summed E-state index contributed by atoms with van der Waals surface area (Å²) in [5, 5.41) is 0. The molecule has 1 aliphatic heterocycles. The van der Waals surface area contributed by atoms with Gasteiger partial charge >= 0.3 is 0 Å². The summed E-state index contributed by atoms with van der Waals surface area (Å²) in [7, 11) is 0. The van der Waals surface area contributed by atoms with Crippen molar-refractivity contribution in [2.75, 3.05) is 18.8 Å². The Morgan fingerprint density at radius 3 is 2.56 bits per heavy atom. The van der Waals surface area contributed by atoms with E-state index in [2.05, 4.69) is 4.98 Å². The predicted molar refractivity (Wildman–Crippen MR) is 71.8 cm³/mol. The van der Waals surface area contributed by atoms with E-state index >= 15 is 0 Å². The number of nitrogens with zero attached hydrogens (tertiary/aromatic N) is 2. The zero-order valence-corrected chi connectivity index (χ0v) is 11.3. The van der Waals surface area contributed by atoms with Crippen LogP contribution in [0.1, 0.15) is 24.3 Å². The SMILES string of the molecule is CC1CN(C(=O)c2cccc(N)n2)CC(C)O1.Cl. The maximum Gasteiger partial charge on any atom is 0.272 e. The third-order valence-corrected chi connectivity index (χ3v) is 2.70. The van der Waals surface area contributed by atoms with Gasteiger partial charge in [-0.1, -0.05) is 6.07 Å². The zero-order chi connectivity index (χ0) is 12.4. The van der Waals surface area contributed by atoms with Crippen LogP contribution in [0.3, 0.4) is 0 Å². The highest BCUT2D eigenvalue weighted by molar-refractivity contribution is 5.92. The molecule has 1 aromatic heterocycles. The minimum Gasteiger partial charge on any atom is -0.384 e. The first-order valence-electron chi connectivity index (χ1n) is 5.73. The standard InChI is InChI=1S/C12H17N3O2.ClH/c1-8-6-15(7-9(2)17-8)12(16)10-4-3-5-11(13)14-10;/h3-5,8-9H,6-7H2,1-2H3,(H2,13,14);1H. The number of hydrogen-bond acceptors (Lipinski definition) is 4. The van der Waals surface area contributed by atoms with Gasteiger partial charge in [-0.3, -0.25) is 4.79 Å². The first-order chi connectivity index (χ1) is 8.06. The van der Waals surface area contributed by atoms with Crippen molar-refractivity contribution in [2.24, 2.45) is 0 Å². The molecule has 0 radical (unpaired) electrons. The summed E-state index contributed by atoms with van der Waals surface area (Å²) in [5.41, 5.74) is 5.97. The summed E-state index contributed by atoms with van der Waals surface area (Å²) in [4.78, 5) is 18.0. The number of carbonyl (C=O) groups is 1. The van der Waals surface area contributed by atoms with Crippen LogP contribution in [-0.4, -0.2) is 41.1 Å². The zero-order valence-electron chi connectivity index (χ0n) is 10.5. The van der Waals surface area contributed by atoms with E-state index in [9.17, 15) is 4.79 Å². The maximum atomic E-state index is 12.2. The molecule has 2 unspecified atom stereocenters. The Kier molecular flexibility index (Phi) is 4.93. The molecule has 18 heavy (non-hydrogen) atoms. The number of anilines is 1. The molecule has 100 valence electrons. The molecule has 1 fully saturated rings. The average Bonchev–Trinajstić information content (AvgIpc) is 2.26. The van der Waals surface area contributed by atoms with Crippen LogP contribution in [-0.2, 0) is 4.74 Å². The molecule has 2 heterocycles. The van der Waals surface area contributed by atoms with Crippen LogP contribution in [0.15, 0.2) is 18.2 Å². The second-order valence-electron chi connectivity index (χ2n) is 4.42. The van der Waals surface area contributed by atoms with Gasteiger partial charge in [0.15, 0.2) is 0 Å². The summed E-state index contributed by atoms with van der Waals surface area (Å²) in [6, 6.07) is 5.09. The monoisotopic (exact) mass is 271 g/mol. The largest absolute Gasteiger partial charge is 0.384 e. The smallest absolute Gasteiger partial charge is 0.272 e. The van der Waals surface area contributed by atoms with Gasteiger partial charge in [0, 0.05) is 13.1 Å². The minimum atomic E-state index is -0.0840. The van der Waals surface area contributed by atoms with E-state index in [0.717, 1.165) is 0 Å². The topological polar surface area (TPSA) is 68.5 Å². The number of morpholine rings is 1. The van der Waals surface area contributed by atoms with Crippen LogP contribution in [0.25, 0.3) is 0 Å². The van der Waals surface area contributed by atoms with E-state index in [0.29, 0.717) is 24.6 Å². The number of amides is 1. The number of aromatic nitrogens is 1. The third kappa shape index (κ3) is 3.34. The van der Waals surface area contributed by atoms with Gasteiger partial charge in [-0.05, 0) is 26.0 Å². The summed E-state index contributed by atoms with van der Waals surface area (Å²) >= 11 is 0. The van der Waals surface area contributed by atoms with E-state index in [4.69, 9.17) is 10.5 Å². The van der Waals surface area contributed by atoms with Crippen LogP contribution in [0.2, 0.25) is 0 Å². The highest BCUT2D eigenvalue weighted by atomic mass is 35.5. The maximum absolute atomic E-state index is 12.2. The highest BCUT2D eigenvalue weighted by Crippen LogP contribution is 2.13. The van der Waals surface area contributed by atoms with Crippen LogP contribution in [0.5, 0.6) is 0 Å². The highest BCUT2D eigenvalue weighted by Gasteiger charge is 2.27. The molecule has 2 rings (SSSR count). The minimum absolute atomic E-state index is 0. The Labute approximate surface area is 113 Å². The van der Waals surface area contributed by atoms with Crippen LogP contribution in [0, 0.1) is 0 Å². The van der Waals surface area contributed by atoms with Crippen molar-refractivity contribution in [2.45, 2.75) is 26.1 Å². The average molecular weight is 272 g/mol. The molecule has 0 bridgehead atoms. The van der Waals surface area contributed by atoms with Gasteiger partial charge in [0.25, 0.3) is 5.91 Å². The van der Waals surface area contributed by atoms with Gasteiger partial charge in [0.05, 0.1) is 12.2 Å². The molecule has 1 amide bonds. The lowest BCUT2D eigenvalue weighted by Gasteiger charge is -2.35. The quantitative estimate of drug-likeness (QED) is 0.837. The molecule has 0 saturated carbocycles. The van der Waals surface area contributed by atoms with Crippen molar-refractivity contribution in [3.63, 3.8) is 0 Å². The van der Waals surface area contributed by atoms with E-state index in [1.54, 1.807) is 23.1 Å². The molecule has 0 aromatic carbocycles. The first-order valence-corrected chi connectivity index (χ1v) is 5.73. The normalized spacial score (nSPS) is 23.3. The van der Waals surface area contributed by atoms with E-state index < -0.39 is 0 Å². The number of pyridine rings is 1. The Hall–Kier alpha value is -1.33. The number of nitrogen functional groups attached to an aromatic ring is 1. The van der Waals surface area contributed by atoms with Crippen molar-refractivity contribution < 1.29 is 9.53 Å². The van der Waals surface area contributed by atoms with Gasteiger partial charge in [0.1, 0.15) is 11.5 Å². The number of ether oxygens (including phenoxy) is 1. The molecular weight excluding hydrogens is 254 g/mol. The van der Waals surface area contributed by atoms with Crippen molar-refractivity contribution in [3.8, 4) is 0 Å². The third-order valence-electron chi connectivity index (χ3n) is 2.70. The van der Waals surface area contributed by atoms with Crippen molar-refractivity contribution in [1.82, 2.24) is 9.88 Å². The molecule has 2 N–H and O–H groups in total. The van der Waals surface area contributed by atoms with E-state index in [-0.39, 0.29) is 30.5 Å². The van der Waals surface area contributed by atoms with Crippen LogP contribution >= 0.6 is 12.4 Å². The van der Waals surface area contributed by atoms with Crippen LogP contribution in [0.4, 0.5) is 5.82 Å². The van der Waals surface area contributed by atoms with Gasteiger partial charge < -0.3 is 15.4 Å². The van der Waals surface area contributed by atoms with Gasteiger partial charge in [-0.2, -0.15) is 0 Å². The number of nitrogens with two attached hydrogens (primary N) is 1. The predicted octanol–water partition coefficient (Wildman–Crippen LogP) is 1.33. The van der Waals surface area contributed by atoms with Crippen molar-refractivity contribution >= 4 is 24.1 Å². The first kappa shape index (κ1) is 14.7. The Morgan fingerprint density at radius 2 is 2.00 bits per heavy atom. The van der Waals surface area contributed by atoms with Gasteiger partial charge in [-0.25, -0.2) is 4.98 Å². The molecule has 1 aromatic rings. The number of rotatable bonds is 1. The number of halogens is 1. The fourth-order valence-corrected chi connectivity index (χ4v) is 2.08. The lowest BCUT2D eigenvalue weighted by atomic mass is 10.2. The Morgan fingerprint density at radius 1 is 1.39 bits per heavy atom. The summed E-state index contributed by atoms with van der Waals surface area (Å²) in [5.74, 6) is 0.282. The molecule has 5 nitrogen and oxygen atoms in total. The van der Waals surface area contributed by atoms with Crippen molar-refractivity contribution in [3.05, 3.63) is 23.9 Å². The Balaban J connectivity index is 0.00000162. The fourth-order valence-electron chi connectivity index (χ4n) is 2.08. The number of carbonyl (C=O) groups excluding carboxylic acids is 1. The summed E-state index contributed by atoms with van der Waals surface area (Å²) in [6.45, 7) is 5.12. The fraction of sp³-hybridized carbons (Fsp3) is 0.500. The second kappa shape index (κ2) is 6.02. The second-order valence-corrected chi connectivity index (χ2v) is 4.42. The number of hydrogen-bond donors (Lipinski definition) is 1. The molecule has 6 heteroatoms. The van der Waals surface area contributed by atoms with E-state index in [1.165, 1.54) is 0 Å². The lowest BCUT2D eigenvalue weighted by molar-refractivity contribution is -0.0587. The molecule has 1 aliphatic rings. The van der Waals surface area contributed by atoms with Gasteiger partial charge in [-0.15, -0.1) is 12.4 Å². The lowest BCUT2D eigenvalue weighted by Crippen LogP contribution is -2.48. The Bertz CT molecular complexity index is 418.